The summed E-state index contributed by atoms with van der Waals surface area (Å²) in [7, 11) is 0. The topological polar surface area (TPSA) is 66.0 Å². The first-order chi connectivity index (χ1) is 14.2. The Hall–Kier alpha value is -1.51. The summed E-state index contributed by atoms with van der Waals surface area (Å²) in [6.07, 6.45) is 6.21. The maximum Gasteiger partial charge on any atom is 0.222 e. The second-order valence-electron chi connectivity index (χ2n) is 8.03. The molecule has 2 fully saturated rings. The van der Waals surface area contributed by atoms with Crippen molar-refractivity contribution in [1.82, 2.24) is 15.5 Å². The Morgan fingerprint density at radius 2 is 2.07 bits per heavy atom. The van der Waals surface area contributed by atoms with Crippen molar-refractivity contribution < 1.29 is 9.53 Å². The smallest absolute Gasteiger partial charge is 0.222 e. The minimum atomic E-state index is 0. The summed E-state index contributed by atoms with van der Waals surface area (Å²) in [5.41, 5.74) is 1.11. The molecule has 168 valence electrons. The van der Waals surface area contributed by atoms with Crippen LogP contribution in [0.25, 0.3) is 0 Å². The number of aliphatic imine (C=N–C) groups is 1. The van der Waals surface area contributed by atoms with Crippen LogP contribution in [0.15, 0.2) is 29.3 Å². The van der Waals surface area contributed by atoms with Crippen molar-refractivity contribution >= 4 is 35.8 Å². The first-order valence-electron chi connectivity index (χ1n) is 11.2. The van der Waals surface area contributed by atoms with E-state index in [9.17, 15) is 4.79 Å². The molecule has 1 atom stereocenters. The van der Waals surface area contributed by atoms with Crippen molar-refractivity contribution in [2.75, 3.05) is 26.2 Å². The molecule has 0 radical (unpaired) electrons. The lowest BCUT2D eigenvalue weighted by Crippen LogP contribution is -2.42. The Bertz CT molecular complexity index is 694. The number of benzene rings is 1. The predicted molar refractivity (Wildman–Crippen MR) is 133 cm³/mol. The molecule has 1 aliphatic carbocycles. The molecule has 1 aliphatic heterocycles. The fourth-order valence-corrected chi connectivity index (χ4v) is 3.77. The number of nitrogens with zero attached hydrogens (tertiary/aromatic N) is 2. The first kappa shape index (κ1) is 24.8. The zero-order chi connectivity index (χ0) is 20.5. The molecule has 7 heteroatoms. The Balaban J connectivity index is 0.00000320. The Morgan fingerprint density at radius 1 is 1.27 bits per heavy atom. The van der Waals surface area contributed by atoms with Crippen molar-refractivity contribution in [3.63, 3.8) is 0 Å². The molecule has 1 amide bonds. The van der Waals surface area contributed by atoms with Crippen LogP contribution in [0.3, 0.4) is 0 Å². The highest BCUT2D eigenvalue weighted by Crippen LogP contribution is 2.30. The molecule has 1 aromatic rings. The average Bonchev–Trinajstić information content (AvgIpc) is 3.48. The molecular formula is C23H37IN4O2. The largest absolute Gasteiger partial charge is 0.493 e. The van der Waals surface area contributed by atoms with Crippen LogP contribution >= 0.6 is 24.0 Å². The number of guanidine groups is 1. The van der Waals surface area contributed by atoms with Gasteiger partial charge in [-0.05, 0) is 51.0 Å². The van der Waals surface area contributed by atoms with Gasteiger partial charge in [-0.2, -0.15) is 0 Å². The second kappa shape index (κ2) is 13.0. The van der Waals surface area contributed by atoms with Crippen molar-refractivity contribution in [2.45, 2.75) is 65.0 Å². The van der Waals surface area contributed by atoms with Crippen molar-refractivity contribution in [2.24, 2.45) is 10.9 Å². The summed E-state index contributed by atoms with van der Waals surface area (Å²) in [4.78, 5) is 18.8. The number of nitrogens with one attached hydrogen (secondary N) is 2. The lowest BCUT2D eigenvalue weighted by atomic mass is 10.1. The van der Waals surface area contributed by atoms with Gasteiger partial charge in [0.15, 0.2) is 5.96 Å². The van der Waals surface area contributed by atoms with Gasteiger partial charge in [-0.25, -0.2) is 4.99 Å². The van der Waals surface area contributed by atoms with Gasteiger partial charge in [-0.15, -0.1) is 24.0 Å². The summed E-state index contributed by atoms with van der Waals surface area (Å²) in [5.74, 6) is 2.80. The van der Waals surface area contributed by atoms with Gasteiger partial charge in [0, 0.05) is 37.7 Å². The first-order valence-corrected chi connectivity index (χ1v) is 11.2. The molecule has 2 aliphatic rings. The molecule has 1 unspecified atom stereocenters. The number of para-hydroxylation sites is 1. The fourth-order valence-electron chi connectivity index (χ4n) is 3.77. The van der Waals surface area contributed by atoms with Gasteiger partial charge < -0.3 is 20.3 Å². The van der Waals surface area contributed by atoms with Crippen LogP contribution in [0.2, 0.25) is 0 Å². The van der Waals surface area contributed by atoms with Gasteiger partial charge in [0.05, 0.1) is 13.2 Å². The molecule has 0 bridgehead atoms. The van der Waals surface area contributed by atoms with Gasteiger partial charge in [-0.3, -0.25) is 4.79 Å². The van der Waals surface area contributed by atoms with Crippen LogP contribution in [0.1, 0.15) is 57.9 Å². The molecule has 1 aromatic carbocycles. The standard InChI is InChI=1S/C23H36N4O2.HI/c1-3-20(27-15-7-10-22(27)28)13-14-25-23(24-4-2)26-16-19-8-5-6-9-21(19)29-17-18-11-12-18;/h5-6,8-9,18,20H,3-4,7,10-17H2,1-2H3,(H2,24,25,26);1H. The number of amides is 1. The summed E-state index contributed by atoms with van der Waals surface area (Å²) in [6.45, 7) is 8.14. The van der Waals surface area contributed by atoms with Crippen molar-refractivity contribution in [1.29, 1.82) is 0 Å². The van der Waals surface area contributed by atoms with E-state index in [2.05, 4.69) is 35.4 Å². The van der Waals surface area contributed by atoms with E-state index in [0.717, 1.165) is 68.7 Å². The normalized spacial score (nSPS) is 17.5. The molecular weight excluding hydrogens is 491 g/mol. The molecule has 3 rings (SSSR count). The Kier molecular flexibility index (Phi) is 10.7. The lowest BCUT2D eigenvalue weighted by molar-refractivity contribution is -0.129. The maximum absolute atomic E-state index is 12.0. The summed E-state index contributed by atoms with van der Waals surface area (Å²) in [5, 5.41) is 6.75. The minimum Gasteiger partial charge on any atom is -0.493 e. The highest BCUT2D eigenvalue weighted by Gasteiger charge is 2.26. The lowest BCUT2D eigenvalue weighted by Gasteiger charge is -2.27. The number of hydrogen-bond acceptors (Lipinski definition) is 3. The van der Waals surface area contributed by atoms with Crippen LogP contribution in [0, 0.1) is 5.92 Å². The third kappa shape index (κ3) is 7.63. The summed E-state index contributed by atoms with van der Waals surface area (Å²) < 4.78 is 6.00. The van der Waals surface area contributed by atoms with Gasteiger partial charge >= 0.3 is 0 Å². The van der Waals surface area contributed by atoms with Crippen LogP contribution < -0.4 is 15.4 Å². The van der Waals surface area contributed by atoms with E-state index in [0.29, 0.717) is 24.9 Å². The fraction of sp³-hybridized carbons (Fsp3) is 0.652. The molecule has 1 heterocycles. The highest BCUT2D eigenvalue weighted by atomic mass is 127. The summed E-state index contributed by atoms with van der Waals surface area (Å²) >= 11 is 0. The molecule has 6 nitrogen and oxygen atoms in total. The van der Waals surface area contributed by atoms with E-state index in [4.69, 9.17) is 9.73 Å². The van der Waals surface area contributed by atoms with Crippen LogP contribution in [0.4, 0.5) is 0 Å². The number of carbonyl (C=O) groups is 1. The number of rotatable bonds is 11. The van der Waals surface area contributed by atoms with Crippen LogP contribution in [-0.2, 0) is 11.3 Å². The number of halogens is 1. The van der Waals surface area contributed by atoms with Gasteiger partial charge in [-0.1, -0.05) is 25.1 Å². The van der Waals surface area contributed by atoms with Crippen LogP contribution in [-0.4, -0.2) is 49.0 Å². The van der Waals surface area contributed by atoms with E-state index < -0.39 is 0 Å². The third-order valence-corrected chi connectivity index (χ3v) is 5.69. The molecule has 1 saturated carbocycles. The quantitative estimate of drug-likeness (QED) is 0.260. The van der Waals surface area contributed by atoms with E-state index in [1.54, 1.807) is 0 Å². The van der Waals surface area contributed by atoms with Crippen LogP contribution in [0.5, 0.6) is 5.75 Å². The molecule has 30 heavy (non-hydrogen) atoms. The minimum absolute atomic E-state index is 0. The second-order valence-corrected chi connectivity index (χ2v) is 8.03. The number of hydrogen-bond donors (Lipinski definition) is 2. The third-order valence-electron chi connectivity index (χ3n) is 5.69. The van der Waals surface area contributed by atoms with Gasteiger partial charge in [0.1, 0.15) is 5.75 Å². The molecule has 1 saturated heterocycles. The average molecular weight is 528 g/mol. The van der Waals surface area contributed by atoms with E-state index in [1.165, 1.54) is 12.8 Å². The molecule has 0 aromatic heterocycles. The van der Waals surface area contributed by atoms with Gasteiger partial charge in [0.25, 0.3) is 0 Å². The van der Waals surface area contributed by atoms with Gasteiger partial charge in [0.2, 0.25) is 5.91 Å². The number of ether oxygens (including phenoxy) is 1. The molecule has 2 N–H and O–H groups in total. The Labute approximate surface area is 198 Å². The molecule has 0 spiro atoms. The zero-order valence-electron chi connectivity index (χ0n) is 18.4. The van der Waals surface area contributed by atoms with E-state index >= 15 is 0 Å². The number of carbonyl (C=O) groups excluding carboxylic acids is 1. The summed E-state index contributed by atoms with van der Waals surface area (Å²) in [6, 6.07) is 8.49. The maximum atomic E-state index is 12.0. The monoisotopic (exact) mass is 528 g/mol. The van der Waals surface area contributed by atoms with Crippen molar-refractivity contribution in [3.8, 4) is 5.75 Å². The van der Waals surface area contributed by atoms with E-state index in [1.807, 2.05) is 18.2 Å². The number of likely N-dealkylation sites (tertiary alicyclic amines) is 1. The van der Waals surface area contributed by atoms with E-state index in [-0.39, 0.29) is 24.0 Å². The highest BCUT2D eigenvalue weighted by molar-refractivity contribution is 14.0. The SMILES string of the molecule is CCNC(=NCc1ccccc1OCC1CC1)NCCC(CC)N1CCCC1=O.I. The Morgan fingerprint density at radius 3 is 2.73 bits per heavy atom. The van der Waals surface area contributed by atoms with Crippen molar-refractivity contribution in [3.05, 3.63) is 29.8 Å². The predicted octanol–water partition coefficient (Wildman–Crippen LogP) is 3.94. The zero-order valence-corrected chi connectivity index (χ0v) is 20.7.